The van der Waals surface area contributed by atoms with Gasteiger partial charge in [-0.2, -0.15) is 13.2 Å². The molecule has 2 heterocycles. The number of carbonyl (C=O) groups is 1. The minimum Gasteiger partial charge on any atom is -0.493 e. The fourth-order valence-electron chi connectivity index (χ4n) is 3.56. The summed E-state index contributed by atoms with van der Waals surface area (Å²) in [7, 11) is -1.63. The van der Waals surface area contributed by atoms with Crippen molar-refractivity contribution in [3.05, 3.63) is 48.2 Å². The van der Waals surface area contributed by atoms with Gasteiger partial charge in [-0.25, -0.2) is 18.4 Å². The molecule has 1 aromatic heterocycles. The quantitative estimate of drug-likeness (QED) is 0.390. The van der Waals surface area contributed by atoms with Crippen LogP contribution in [0.3, 0.4) is 0 Å². The molecular weight excluding hydrogens is 531 g/mol. The van der Waals surface area contributed by atoms with Gasteiger partial charge < -0.3 is 24.3 Å². The van der Waals surface area contributed by atoms with Crippen LogP contribution in [-0.2, 0) is 20.8 Å². The number of fused-ring (bicyclic) bond motifs is 1. The van der Waals surface area contributed by atoms with Crippen molar-refractivity contribution < 1.29 is 45.3 Å². The average molecular weight is 554 g/mol. The van der Waals surface area contributed by atoms with Crippen molar-refractivity contribution >= 4 is 21.4 Å². The number of methoxy groups -OCH3 is 2. The molecule has 0 aliphatic carbocycles. The number of rotatable bonds is 9. The predicted molar refractivity (Wildman–Crippen MR) is 128 cm³/mol. The molecule has 0 bridgehead atoms. The van der Waals surface area contributed by atoms with E-state index in [1.165, 1.54) is 32.4 Å². The van der Waals surface area contributed by atoms with E-state index in [0.717, 1.165) is 0 Å². The molecule has 10 nitrogen and oxygen atoms in total. The largest absolute Gasteiger partial charge is 0.493 e. The molecule has 1 amide bonds. The Morgan fingerprint density at radius 1 is 1.00 bits per heavy atom. The zero-order valence-electron chi connectivity index (χ0n) is 20.2. The smallest absolute Gasteiger partial charge is 0.433 e. The number of aromatic nitrogens is 2. The lowest BCUT2D eigenvalue weighted by Gasteiger charge is -2.13. The molecule has 2 aromatic carbocycles. The van der Waals surface area contributed by atoms with E-state index in [-0.39, 0.29) is 36.6 Å². The van der Waals surface area contributed by atoms with E-state index in [2.05, 4.69) is 15.3 Å². The minimum atomic E-state index is -4.93. The number of halogens is 3. The van der Waals surface area contributed by atoms with E-state index in [9.17, 15) is 26.4 Å². The first kappa shape index (κ1) is 27.0. The van der Waals surface area contributed by atoms with Crippen LogP contribution in [0.1, 0.15) is 18.5 Å². The number of sulfone groups is 1. The van der Waals surface area contributed by atoms with E-state index >= 15 is 0 Å². The number of nitrogens with zero attached hydrogens (tertiary/aromatic N) is 2. The molecule has 0 saturated carbocycles. The van der Waals surface area contributed by atoms with E-state index in [1.807, 2.05) is 0 Å². The number of hydrogen-bond acceptors (Lipinski definition) is 9. The van der Waals surface area contributed by atoms with Crippen molar-refractivity contribution in [2.75, 3.05) is 32.1 Å². The third kappa shape index (κ3) is 6.07. The van der Waals surface area contributed by atoms with Crippen LogP contribution >= 0.6 is 0 Å². The van der Waals surface area contributed by atoms with Gasteiger partial charge in [0.05, 0.1) is 25.7 Å². The highest BCUT2D eigenvalue weighted by atomic mass is 32.2. The maximum atomic E-state index is 13.6. The van der Waals surface area contributed by atoms with Crippen molar-refractivity contribution in [1.29, 1.82) is 0 Å². The molecule has 14 heteroatoms. The lowest BCUT2D eigenvalue weighted by Crippen LogP contribution is -2.18. The van der Waals surface area contributed by atoms with E-state index in [4.69, 9.17) is 18.9 Å². The molecule has 0 radical (unpaired) electrons. The molecule has 4 rings (SSSR count). The topological polar surface area (TPSA) is 126 Å². The first-order valence-electron chi connectivity index (χ1n) is 11.1. The second-order valence-corrected chi connectivity index (χ2v) is 10.0. The Morgan fingerprint density at radius 2 is 1.74 bits per heavy atom. The summed E-state index contributed by atoms with van der Waals surface area (Å²) < 4.78 is 87.2. The van der Waals surface area contributed by atoms with Crippen molar-refractivity contribution in [3.63, 3.8) is 0 Å². The van der Waals surface area contributed by atoms with Gasteiger partial charge in [0.15, 0.2) is 23.0 Å². The second-order valence-electron chi connectivity index (χ2n) is 8.03. The molecule has 1 aliphatic heterocycles. The molecule has 202 valence electrons. The van der Waals surface area contributed by atoms with Crippen molar-refractivity contribution in [2.45, 2.75) is 24.2 Å². The van der Waals surface area contributed by atoms with Crippen LogP contribution in [-0.4, -0.2) is 51.1 Å². The molecule has 0 unspecified atom stereocenters. The van der Waals surface area contributed by atoms with E-state index in [0.29, 0.717) is 29.0 Å². The number of amides is 1. The van der Waals surface area contributed by atoms with Crippen LogP contribution in [0.15, 0.2) is 47.6 Å². The summed E-state index contributed by atoms with van der Waals surface area (Å²) in [6.45, 7) is 0.0654. The van der Waals surface area contributed by atoms with Gasteiger partial charge in [-0.3, -0.25) is 4.79 Å². The van der Waals surface area contributed by atoms with Gasteiger partial charge in [-0.05, 0) is 42.8 Å². The highest BCUT2D eigenvalue weighted by molar-refractivity contribution is 7.91. The fraction of sp³-hybridized carbons (Fsp3) is 0.292. The summed E-state index contributed by atoms with van der Waals surface area (Å²) in [6.07, 6.45) is -5.32. The zero-order valence-corrected chi connectivity index (χ0v) is 21.0. The number of ether oxygens (including phenoxy) is 4. The Balaban J connectivity index is 1.51. The molecule has 3 aromatic rings. The monoisotopic (exact) mass is 553 g/mol. The Labute approximate surface area is 215 Å². The number of hydrogen-bond donors (Lipinski definition) is 1. The summed E-state index contributed by atoms with van der Waals surface area (Å²) in [5.74, 6) is 0.395. The summed E-state index contributed by atoms with van der Waals surface area (Å²) >= 11 is 0. The van der Waals surface area contributed by atoms with Crippen LogP contribution in [0.4, 0.5) is 18.9 Å². The number of carbonyl (C=O) groups excluding carboxylic acids is 1. The van der Waals surface area contributed by atoms with Crippen molar-refractivity contribution in [2.24, 2.45) is 0 Å². The summed E-state index contributed by atoms with van der Waals surface area (Å²) in [4.78, 5) is 19.5. The molecule has 1 aliphatic rings. The third-order valence-corrected chi connectivity index (χ3v) is 6.99. The van der Waals surface area contributed by atoms with E-state index < -0.39 is 38.5 Å². The lowest BCUT2D eigenvalue weighted by atomic mass is 10.1. The van der Waals surface area contributed by atoms with E-state index in [1.54, 1.807) is 18.2 Å². The fourth-order valence-corrected chi connectivity index (χ4v) is 4.75. The third-order valence-electron chi connectivity index (χ3n) is 5.43. The van der Waals surface area contributed by atoms with Crippen LogP contribution in [0.25, 0.3) is 11.3 Å². The van der Waals surface area contributed by atoms with Crippen LogP contribution in [0.5, 0.6) is 23.0 Å². The SMILES string of the molecule is COc1ccc(-c2cc(C(F)(F)F)nc(S(=O)(=O)CCCC(=O)Nc3ccc4c(c3)OCO4)n2)cc1OC. The Kier molecular flexibility index (Phi) is 7.62. The maximum Gasteiger partial charge on any atom is 0.433 e. The molecule has 0 spiro atoms. The number of anilines is 1. The van der Waals surface area contributed by atoms with Gasteiger partial charge >= 0.3 is 6.18 Å². The molecule has 0 fully saturated rings. The van der Waals surface area contributed by atoms with Gasteiger partial charge in [0, 0.05) is 23.7 Å². The van der Waals surface area contributed by atoms with Gasteiger partial charge in [0.25, 0.3) is 0 Å². The normalized spacial score (nSPS) is 12.8. The molecule has 38 heavy (non-hydrogen) atoms. The first-order valence-corrected chi connectivity index (χ1v) is 12.8. The first-order chi connectivity index (χ1) is 18.0. The van der Waals surface area contributed by atoms with Crippen LogP contribution < -0.4 is 24.3 Å². The van der Waals surface area contributed by atoms with Crippen molar-refractivity contribution in [1.82, 2.24) is 9.97 Å². The molecule has 0 atom stereocenters. The Bertz CT molecular complexity index is 1460. The number of alkyl halides is 3. The minimum absolute atomic E-state index is 0.0654. The highest BCUT2D eigenvalue weighted by Gasteiger charge is 2.35. The highest BCUT2D eigenvalue weighted by Crippen LogP contribution is 2.36. The molecular formula is C24H22F3N3O7S. The summed E-state index contributed by atoms with van der Waals surface area (Å²) in [6, 6.07) is 9.66. The maximum absolute atomic E-state index is 13.6. The molecule has 0 saturated heterocycles. The Hall–Kier alpha value is -4.07. The predicted octanol–water partition coefficient (Wildman–Crippen LogP) is 4.10. The second kappa shape index (κ2) is 10.7. The summed E-state index contributed by atoms with van der Waals surface area (Å²) in [5.41, 5.74) is -1.11. The standard InChI is InChI=1S/C24H22F3N3O7S/c1-34-17-7-5-14(10-19(17)35-2)16-12-21(24(25,26)27)30-23(29-16)38(32,33)9-3-4-22(31)28-15-6-8-18-20(11-15)37-13-36-18/h5-8,10-12H,3-4,9,13H2,1-2H3,(H,28,31). The van der Waals surface area contributed by atoms with Crippen LogP contribution in [0, 0.1) is 0 Å². The zero-order chi connectivity index (χ0) is 27.5. The Morgan fingerprint density at radius 3 is 2.45 bits per heavy atom. The van der Waals surface area contributed by atoms with Gasteiger partial charge in [0.1, 0.15) is 5.69 Å². The number of benzene rings is 2. The van der Waals surface area contributed by atoms with Gasteiger partial charge in [0.2, 0.25) is 27.7 Å². The van der Waals surface area contributed by atoms with Crippen LogP contribution in [0.2, 0.25) is 0 Å². The number of nitrogens with one attached hydrogen (secondary N) is 1. The lowest BCUT2D eigenvalue weighted by molar-refractivity contribution is -0.141. The van der Waals surface area contributed by atoms with Crippen molar-refractivity contribution in [3.8, 4) is 34.3 Å². The summed E-state index contributed by atoms with van der Waals surface area (Å²) in [5, 5.41) is 1.61. The molecule has 1 N–H and O–H groups in total. The average Bonchev–Trinajstić information content (AvgIpc) is 3.35. The van der Waals surface area contributed by atoms with Gasteiger partial charge in [-0.1, -0.05) is 0 Å². The van der Waals surface area contributed by atoms with Gasteiger partial charge in [-0.15, -0.1) is 0 Å².